The lowest BCUT2D eigenvalue weighted by molar-refractivity contribution is 0.102. The van der Waals surface area contributed by atoms with E-state index in [1.54, 1.807) is 42.7 Å². The summed E-state index contributed by atoms with van der Waals surface area (Å²) in [7, 11) is 1.90. The molecule has 1 atom stereocenters. The number of benzene rings is 2. The molecular weight excluding hydrogens is 338 g/mol. The average molecular weight is 354 g/mol. The summed E-state index contributed by atoms with van der Waals surface area (Å²) in [5, 5.41) is 3.10. The Hall–Kier alpha value is -2.05. The molecule has 0 aliphatic carbocycles. The molecule has 0 aliphatic rings. The molecule has 0 fully saturated rings. The summed E-state index contributed by atoms with van der Waals surface area (Å²) in [6.07, 6.45) is 1.58. The molecule has 23 heavy (non-hydrogen) atoms. The second-order valence-electron chi connectivity index (χ2n) is 4.62. The zero-order valence-electron chi connectivity index (χ0n) is 12.9. The van der Waals surface area contributed by atoms with Crippen LogP contribution in [0, 0.1) is 0 Å². The van der Waals surface area contributed by atoms with Gasteiger partial charge in [-0.2, -0.15) is 0 Å². The third-order valence-electron chi connectivity index (χ3n) is 3.17. The minimum absolute atomic E-state index is 0.321. The summed E-state index contributed by atoms with van der Waals surface area (Å²) < 4.78 is 21.7. The molecule has 0 bridgehead atoms. The summed E-state index contributed by atoms with van der Waals surface area (Å²) in [6.45, 7) is 0. The van der Waals surface area contributed by atoms with Gasteiger partial charge in [-0.05, 0) is 30.3 Å². The van der Waals surface area contributed by atoms with E-state index in [0.717, 1.165) is 0 Å². The Labute approximate surface area is 142 Å². The van der Waals surface area contributed by atoms with Crippen LogP contribution in [0.4, 0.5) is 5.69 Å². The van der Waals surface area contributed by atoms with E-state index < -0.39 is 10.8 Å². The molecule has 1 unspecified atom stereocenters. The van der Waals surface area contributed by atoms with Crippen LogP contribution in [-0.4, -0.2) is 30.6 Å². The molecule has 2 aromatic carbocycles. The van der Waals surface area contributed by atoms with Crippen LogP contribution in [0.5, 0.6) is 11.5 Å². The van der Waals surface area contributed by atoms with Gasteiger partial charge in [0.1, 0.15) is 11.5 Å². The fourth-order valence-corrected chi connectivity index (χ4v) is 2.71. The quantitative estimate of drug-likeness (QED) is 0.895. The van der Waals surface area contributed by atoms with Crippen LogP contribution in [0.2, 0.25) is 5.02 Å². The molecule has 0 spiro atoms. The van der Waals surface area contributed by atoms with E-state index in [4.69, 9.17) is 21.1 Å². The number of nitrogens with one attached hydrogen (secondary N) is 1. The number of anilines is 1. The molecule has 7 heteroatoms. The molecule has 0 radical (unpaired) electrons. The van der Waals surface area contributed by atoms with Crippen LogP contribution < -0.4 is 14.8 Å². The molecule has 2 aromatic rings. The highest BCUT2D eigenvalue weighted by Crippen LogP contribution is 2.36. The Kier molecular flexibility index (Phi) is 5.63. The normalized spacial score (nSPS) is 11.7. The minimum atomic E-state index is -1.08. The van der Waals surface area contributed by atoms with E-state index in [2.05, 4.69) is 5.32 Å². The van der Waals surface area contributed by atoms with Gasteiger partial charge in [0.25, 0.3) is 5.91 Å². The van der Waals surface area contributed by atoms with E-state index >= 15 is 0 Å². The number of amides is 1. The van der Waals surface area contributed by atoms with Gasteiger partial charge in [-0.15, -0.1) is 0 Å². The van der Waals surface area contributed by atoms with Gasteiger partial charge in [-0.3, -0.25) is 9.00 Å². The largest absolute Gasteiger partial charge is 0.495 e. The lowest BCUT2D eigenvalue weighted by Crippen LogP contribution is -2.12. The van der Waals surface area contributed by atoms with Crippen LogP contribution >= 0.6 is 11.6 Å². The molecule has 0 aromatic heterocycles. The van der Waals surface area contributed by atoms with Crippen molar-refractivity contribution >= 4 is 34.0 Å². The molecule has 0 saturated carbocycles. The first-order chi connectivity index (χ1) is 11.0. The van der Waals surface area contributed by atoms with Crippen molar-refractivity contribution in [3.63, 3.8) is 0 Å². The van der Waals surface area contributed by atoms with Gasteiger partial charge >= 0.3 is 0 Å². The Morgan fingerprint density at radius 2 is 1.70 bits per heavy atom. The summed E-state index contributed by atoms with van der Waals surface area (Å²) >= 11 is 6.08. The number of carbonyl (C=O) groups excluding carboxylic acids is 1. The Balaban J connectivity index is 2.26. The second kappa shape index (κ2) is 7.48. The van der Waals surface area contributed by atoms with Crippen LogP contribution in [0.3, 0.4) is 0 Å². The maximum atomic E-state index is 12.3. The van der Waals surface area contributed by atoms with Crippen molar-refractivity contribution in [1.29, 1.82) is 0 Å². The minimum Gasteiger partial charge on any atom is -0.495 e. The highest BCUT2D eigenvalue weighted by molar-refractivity contribution is 7.84. The zero-order valence-corrected chi connectivity index (χ0v) is 14.5. The van der Waals surface area contributed by atoms with Crippen LogP contribution in [-0.2, 0) is 10.8 Å². The molecule has 1 amide bonds. The SMILES string of the molecule is COc1cc(OC)c(NC(=O)c2ccc(S(C)=O)cc2)cc1Cl. The van der Waals surface area contributed by atoms with Gasteiger partial charge in [0.05, 0.1) is 24.9 Å². The van der Waals surface area contributed by atoms with E-state index in [1.165, 1.54) is 14.2 Å². The molecule has 0 aliphatic heterocycles. The first-order valence-electron chi connectivity index (χ1n) is 6.62. The number of rotatable bonds is 5. The molecule has 2 rings (SSSR count). The summed E-state index contributed by atoms with van der Waals surface area (Å²) in [5.41, 5.74) is 0.875. The standard InChI is InChI=1S/C16H16ClNO4S/c1-21-14-9-15(22-2)13(8-12(14)17)18-16(19)10-4-6-11(7-5-10)23(3)20/h4-9H,1-3H3,(H,18,19). The molecule has 1 N–H and O–H groups in total. The Morgan fingerprint density at radius 3 is 2.22 bits per heavy atom. The topological polar surface area (TPSA) is 64.6 Å². The maximum absolute atomic E-state index is 12.3. The molecular formula is C16H16ClNO4S. The molecule has 0 saturated heterocycles. The lowest BCUT2D eigenvalue weighted by Gasteiger charge is -2.13. The highest BCUT2D eigenvalue weighted by Gasteiger charge is 2.14. The van der Waals surface area contributed by atoms with Crippen molar-refractivity contribution < 1.29 is 18.5 Å². The Morgan fingerprint density at radius 1 is 1.09 bits per heavy atom. The molecule has 5 nitrogen and oxygen atoms in total. The molecule has 122 valence electrons. The summed E-state index contributed by atoms with van der Waals surface area (Å²) in [4.78, 5) is 13.0. The maximum Gasteiger partial charge on any atom is 0.255 e. The van der Waals surface area contributed by atoms with Crippen molar-refractivity contribution in [3.05, 3.63) is 47.0 Å². The van der Waals surface area contributed by atoms with Crippen molar-refractivity contribution in [2.75, 3.05) is 25.8 Å². The highest BCUT2D eigenvalue weighted by atomic mass is 35.5. The predicted octanol–water partition coefficient (Wildman–Crippen LogP) is 3.35. The monoisotopic (exact) mass is 353 g/mol. The molecule has 0 heterocycles. The van der Waals surface area contributed by atoms with E-state index in [0.29, 0.717) is 32.7 Å². The number of hydrogen-bond acceptors (Lipinski definition) is 4. The van der Waals surface area contributed by atoms with Gasteiger partial charge in [0.15, 0.2) is 0 Å². The number of methoxy groups -OCH3 is 2. The average Bonchev–Trinajstić information content (AvgIpc) is 2.55. The van der Waals surface area contributed by atoms with Gasteiger partial charge in [0, 0.05) is 33.6 Å². The number of carbonyl (C=O) groups is 1. The smallest absolute Gasteiger partial charge is 0.255 e. The van der Waals surface area contributed by atoms with E-state index in [-0.39, 0.29) is 5.91 Å². The van der Waals surface area contributed by atoms with Crippen LogP contribution in [0.15, 0.2) is 41.3 Å². The summed E-state index contributed by atoms with van der Waals surface area (Å²) in [6, 6.07) is 9.70. The predicted molar refractivity (Wildman–Crippen MR) is 91.3 cm³/mol. The lowest BCUT2D eigenvalue weighted by atomic mass is 10.2. The van der Waals surface area contributed by atoms with Crippen LogP contribution in [0.25, 0.3) is 0 Å². The van der Waals surface area contributed by atoms with Gasteiger partial charge in [-0.1, -0.05) is 11.6 Å². The first kappa shape index (κ1) is 17.3. The number of ether oxygens (including phenoxy) is 2. The number of hydrogen-bond donors (Lipinski definition) is 1. The van der Waals surface area contributed by atoms with Crippen molar-refractivity contribution in [2.45, 2.75) is 4.90 Å². The van der Waals surface area contributed by atoms with Gasteiger partial charge in [0.2, 0.25) is 0 Å². The summed E-state index contributed by atoms with van der Waals surface area (Å²) in [5.74, 6) is 0.570. The number of halogens is 1. The van der Waals surface area contributed by atoms with Crippen molar-refractivity contribution in [1.82, 2.24) is 0 Å². The second-order valence-corrected chi connectivity index (χ2v) is 6.41. The third-order valence-corrected chi connectivity index (χ3v) is 4.40. The first-order valence-corrected chi connectivity index (χ1v) is 8.56. The fourth-order valence-electron chi connectivity index (χ4n) is 1.95. The zero-order chi connectivity index (χ0) is 17.0. The Bertz CT molecular complexity index is 746. The van der Waals surface area contributed by atoms with Gasteiger partial charge < -0.3 is 14.8 Å². The van der Waals surface area contributed by atoms with Crippen molar-refractivity contribution in [2.24, 2.45) is 0 Å². The third kappa shape index (κ3) is 4.03. The van der Waals surface area contributed by atoms with E-state index in [1.807, 2.05) is 0 Å². The van der Waals surface area contributed by atoms with Gasteiger partial charge in [-0.25, -0.2) is 0 Å². The van der Waals surface area contributed by atoms with E-state index in [9.17, 15) is 9.00 Å². The fraction of sp³-hybridized carbons (Fsp3) is 0.188. The van der Waals surface area contributed by atoms with Crippen LogP contribution in [0.1, 0.15) is 10.4 Å². The van der Waals surface area contributed by atoms with Crippen molar-refractivity contribution in [3.8, 4) is 11.5 Å².